The van der Waals surface area contributed by atoms with E-state index in [1.165, 1.54) is 18.2 Å². The van der Waals surface area contributed by atoms with Crippen molar-refractivity contribution in [2.24, 2.45) is 0 Å². The van der Waals surface area contributed by atoms with Crippen molar-refractivity contribution >= 4 is 28.9 Å². The molecule has 4 nitrogen and oxygen atoms in total. The largest absolute Gasteiger partial charge is 0.397 e. The van der Waals surface area contributed by atoms with Crippen LogP contribution in [0.4, 0.5) is 15.8 Å². The van der Waals surface area contributed by atoms with Crippen molar-refractivity contribution in [3.8, 4) is 0 Å². The van der Waals surface area contributed by atoms with E-state index in [-0.39, 0.29) is 10.9 Å². The number of aromatic nitrogens is 1. The first-order chi connectivity index (χ1) is 9.51. The molecule has 0 fully saturated rings. The van der Waals surface area contributed by atoms with Gasteiger partial charge in [0.2, 0.25) is 0 Å². The number of carbonyl (C=O) groups is 1. The monoisotopic (exact) mass is 295 g/mol. The zero-order chi connectivity index (χ0) is 14.7. The number of halogens is 2. The van der Waals surface area contributed by atoms with Crippen molar-refractivity contribution in [1.82, 2.24) is 4.57 Å². The third kappa shape index (κ3) is 3.11. The predicted octanol–water partition coefficient (Wildman–Crippen LogP) is 3.53. The molecule has 1 aromatic carbocycles. The lowest BCUT2D eigenvalue weighted by Crippen LogP contribution is -2.16. The Morgan fingerprint density at radius 3 is 2.85 bits per heavy atom. The van der Waals surface area contributed by atoms with Gasteiger partial charge < -0.3 is 15.6 Å². The number of rotatable bonds is 4. The first kappa shape index (κ1) is 14.4. The van der Waals surface area contributed by atoms with E-state index < -0.39 is 5.82 Å². The molecule has 0 aliphatic heterocycles. The molecule has 0 bridgehead atoms. The summed E-state index contributed by atoms with van der Waals surface area (Å²) in [7, 11) is 0. The van der Waals surface area contributed by atoms with Gasteiger partial charge in [-0.1, -0.05) is 18.5 Å². The van der Waals surface area contributed by atoms with Crippen LogP contribution in [0.1, 0.15) is 23.8 Å². The van der Waals surface area contributed by atoms with E-state index in [1.54, 1.807) is 16.8 Å². The normalized spacial score (nSPS) is 10.6. The summed E-state index contributed by atoms with van der Waals surface area (Å²) in [6, 6.07) is 5.63. The fraction of sp³-hybridized carbons (Fsp3) is 0.214. The number of amides is 1. The topological polar surface area (TPSA) is 60.0 Å². The molecule has 0 spiro atoms. The zero-order valence-electron chi connectivity index (χ0n) is 11.0. The Bertz CT molecular complexity index is 639. The number of nitrogens with zero attached hydrogens (tertiary/aromatic N) is 1. The standard InChI is InChI=1S/C14H15ClFN3O/c1-2-5-19-8-9(17)6-13(19)14(20)18-10-3-4-12(16)11(15)7-10/h3-4,6-8H,2,5,17H2,1H3,(H,18,20). The highest BCUT2D eigenvalue weighted by atomic mass is 35.5. The molecule has 6 heteroatoms. The number of benzene rings is 1. The molecule has 1 aromatic heterocycles. The molecule has 0 unspecified atom stereocenters. The summed E-state index contributed by atoms with van der Waals surface area (Å²) in [5.74, 6) is -0.832. The molecular formula is C14H15ClFN3O. The van der Waals surface area contributed by atoms with Crippen molar-refractivity contribution in [2.45, 2.75) is 19.9 Å². The first-order valence-electron chi connectivity index (χ1n) is 6.23. The number of aryl methyl sites for hydroxylation is 1. The Labute approximate surface area is 121 Å². The number of carbonyl (C=O) groups excluding carboxylic acids is 1. The summed E-state index contributed by atoms with van der Waals surface area (Å²) >= 11 is 5.68. The van der Waals surface area contributed by atoms with E-state index in [4.69, 9.17) is 17.3 Å². The van der Waals surface area contributed by atoms with Crippen molar-refractivity contribution in [2.75, 3.05) is 11.1 Å². The molecule has 0 radical (unpaired) electrons. The Balaban J connectivity index is 2.21. The number of anilines is 2. The molecule has 3 N–H and O–H groups in total. The zero-order valence-corrected chi connectivity index (χ0v) is 11.7. The van der Waals surface area contributed by atoms with E-state index in [0.29, 0.717) is 23.6 Å². The lowest BCUT2D eigenvalue weighted by molar-refractivity contribution is 0.101. The molecule has 20 heavy (non-hydrogen) atoms. The van der Waals surface area contributed by atoms with Gasteiger partial charge in [0.25, 0.3) is 5.91 Å². The third-order valence-corrected chi connectivity index (χ3v) is 3.08. The lowest BCUT2D eigenvalue weighted by atomic mass is 10.3. The van der Waals surface area contributed by atoms with Crippen LogP contribution in [0.3, 0.4) is 0 Å². The van der Waals surface area contributed by atoms with Crippen molar-refractivity contribution in [3.63, 3.8) is 0 Å². The summed E-state index contributed by atoms with van der Waals surface area (Å²) in [6.45, 7) is 2.71. The Kier molecular flexibility index (Phi) is 4.29. The minimum Gasteiger partial charge on any atom is -0.397 e. The molecule has 0 aliphatic carbocycles. The maximum Gasteiger partial charge on any atom is 0.272 e. The van der Waals surface area contributed by atoms with Crippen LogP contribution in [0.2, 0.25) is 5.02 Å². The van der Waals surface area contributed by atoms with Crippen LogP contribution in [-0.4, -0.2) is 10.5 Å². The van der Waals surface area contributed by atoms with Crippen LogP contribution in [0.5, 0.6) is 0 Å². The van der Waals surface area contributed by atoms with Crippen LogP contribution < -0.4 is 11.1 Å². The van der Waals surface area contributed by atoms with Crippen LogP contribution in [-0.2, 0) is 6.54 Å². The van der Waals surface area contributed by atoms with Crippen LogP contribution in [0, 0.1) is 5.82 Å². The molecule has 2 rings (SSSR count). The summed E-state index contributed by atoms with van der Waals surface area (Å²) in [6.07, 6.45) is 2.60. The number of hydrogen-bond donors (Lipinski definition) is 2. The fourth-order valence-corrected chi connectivity index (χ4v) is 2.10. The molecule has 1 amide bonds. The van der Waals surface area contributed by atoms with E-state index >= 15 is 0 Å². The highest BCUT2D eigenvalue weighted by Gasteiger charge is 2.13. The van der Waals surface area contributed by atoms with Crippen molar-refractivity contribution in [1.29, 1.82) is 0 Å². The minimum atomic E-state index is -0.525. The third-order valence-electron chi connectivity index (χ3n) is 2.79. The Morgan fingerprint density at radius 1 is 1.45 bits per heavy atom. The maximum absolute atomic E-state index is 13.1. The van der Waals surface area contributed by atoms with Gasteiger partial charge in [-0.25, -0.2) is 4.39 Å². The SMILES string of the molecule is CCCn1cc(N)cc1C(=O)Nc1ccc(F)c(Cl)c1. The molecule has 0 atom stereocenters. The summed E-state index contributed by atoms with van der Waals surface area (Å²) in [4.78, 5) is 12.2. The average Bonchev–Trinajstić information content (AvgIpc) is 2.75. The van der Waals surface area contributed by atoms with Gasteiger partial charge in [0, 0.05) is 18.4 Å². The molecule has 1 heterocycles. The predicted molar refractivity (Wildman–Crippen MR) is 78.5 cm³/mol. The second-order valence-corrected chi connectivity index (χ2v) is 4.84. The van der Waals surface area contributed by atoms with Gasteiger partial charge in [0.05, 0.1) is 10.7 Å². The van der Waals surface area contributed by atoms with E-state index in [0.717, 1.165) is 6.42 Å². The molecule has 0 aliphatic rings. The van der Waals surface area contributed by atoms with Gasteiger partial charge in [0.1, 0.15) is 11.5 Å². The van der Waals surface area contributed by atoms with Gasteiger partial charge in [-0.2, -0.15) is 0 Å². The molecule has 106 valence electrons. The molecule has 0 saturated heterocycles. The van der Waals surface area contributed by atoms with Crippen LogP contribution >= 0.6 is 11.6 Å². The number of nitrogens with one attached hydrogen (secondary N) is 1. The number of hydrogen-bond acceptors (Lipinski definition) is 2. The molecule has 2 aromatic rings. The summed E-state index contributed by atoms with van der Waals surface area (Å²) in [5, 5.41) is 2.64. The highest BCUT2D eigenvalue weighted by molar-refractivity contribution is 6.31. The molecular weight excluding hydrogens is 281 g/mol. The van der Waals surface area contributed by atoms with Crippen LogP contribution in [0.25, 0.3) is 0 Å². The van der Waals surface area contributed by atoms with E-state index in [9.17, 15) is 9.18 Å². The second kappa shape index (κ2) is 5.96. The van der Waals surface area contributed by atoms with Gasteiger partial charge >= 0.3 is 0 Å². The highest BCUT2D eigenvalue weighted by Crippen LogP contribution is 2.20. The van der Waals surface area contributed by atoms with Crippen LogP contribution in [0.15, 0.2) is 30.5 Å². The lowest BCUT2D eigenvalue weighted by Gasteiger charge is -2.09. The maximum atomic E-state index is 13.1. The first-order valence-corrected chi connectivity index (χ1v) is 6.61. The quantitative estimate of drug-likeness (QED) is 0.906. The van der Waals surface area contributed by atoms with Crippen molar-refractivity contribution < 1.29 is 9.18 Å². The summed E-state index contributed by atoms with van der Waals surface area (Å²) < 4.78 is 14.8. The minimum absolute atomic E-state index is 0.0359. The van der Waals surface area contributed by atoms with Gasteiger partial charge in [0.15, 0.2) is 0 Å². The average molecular weight is 296 g/mol. The molecule has 0 saturated carbocycles. The smallest absolute Gasteiger partial charge is 0.272 e. The van der Waals surface area contributed by atoms with Crippen molar-refractivity contribution in [3.05, 3.63) is 47.0 Å². The van der Waals surface area contributed by atoms with Gasteiger partial charge in [-0.15, -0.1) is 0 Å². The van der Waals surface area contributed by atoms with Gasteiger partial charge in [-0.05, 0) is 30.7 Å². The number of nitrogens with two attached hydrogens (primary N) is 1. The Hall–Kier alpha value is -2.01. The second-order valence-electron chi connectivity index (χ2n) is 4.44. The Morgan fingerprint density at radius 2 is 2.20 bits per heavy atom. The summed E-state index contributed by atoms with van der Waals surface area (Å²) in [5.41, 5.74) is 7.14. The fourth-order valence-electron chi connectivity index (χ4n) is 1.92. The number of nitrogen functional groups attached to an aromatic ring is 1. The van der Waals surface area contributed by atoms with E-state index in [2.05, 4.69) is 5.32 Å². The van der Waals surface area contributed by atoms with E-state index in [1.807, 2.05) is 6.92 Å². The van der Waals surface area contributed by atoms with Gasteiger partial charge in [-0.3, -0.25) is 4.79 Å².